The largest absolute Gasteiger partial charge is 0.341 e. The number of hydrogen-bond acceptors (Lipinski definition) is 4. The summed E-state index contributed by atoms with van der Waals surface area (Å²) in [7, 11) is 1.47. The lowest BCUT2D eigenvalue weighted by Gasteiger charge is -2.28. The molecule has 2 rings (SSSR count). The molecule has 114 valence electrons. The van der Waals surface area contributed by atoms with Crippen LogP contribution in [0.1, 0.15) is 24.9 Å². The van der Waals surface area contributed by atoms with Crippen LogP contribution in [0.5, 0.6) is 0 Å². The van der Waals surface area contributed by atoms with Gasteiger partial charge < -0.3 is 5.32 Å². The van der Waals surface area contributed by atoms with Crippen molar-refractivity contribution in [1.29, 1.82) is 0 Å². The van der Waals surface area contributed by atoms with Gasteiger partial charge in [0.05, 0.1) is 6.04 Å². The lowest BCUT2D eigenvalue weighted by atomic mass is 10.0. The Morgan fingerprint density at radius 2 is 2.19 bits per heavy atom. The number of thioether (sulfide) groups is 1. The molecular weight excluding hydrogens is 310 g/mol. The number of amides is 3. The Balaban J connectivity index is 2.05. The molecule has 0 saturated heterocycles. The van der Waals surface area contributed by atoms with Gasteiger partial charge in [-0.2, -0.15) is 0 Å². The summed E-state index contributed by atoms with van der Waals surface area (Å²) in [5, 5.41) is 8.58. The number of hydrogen-bond donors (Lipinski definition) is 3. The zero-order chi connectivity index (χ0) is 15.4. The van der Waals surface area contributed by atoms with Crippen molar-refractivity contribution in [3.05, 3.63) is 28.8 Å². The van der Waals surface area contributed by atoms with E-state index in [4.69, 9.17) is 11.6 Å². The van der Waals surface area contributed by atoms with E-state index in [1.54, 1.807) is 18.7 Å². The van der Waals surface area contributed by atoms with Crippen molar-refractivity contribution >= 4 is 35.3 Å². The first-order chi connectivity index (χ1) is 10.0. The standard InChI is InChI=1S/C14H18ClN3O2S/c1-8(13(19)18-14(20)16-2)17-11-5-6-21-12-4-3-9(15)7-10(11)12/h3-4,7-8,11,17H,5-6H2,1-2H3,(H2,16,18,19,20). The number of rotatable bonds is 3. The third-order valence-electron chi connectivity index (χ3n) is 3.32. The highest BCUT2D eigenvalue weighted by molar-refractivity contribution is 7.99. The van der Waals surface area contributed by atoms with Gasteiger partial charge in [0.15, 0.2) is 0 Å². The molecule has 1 aromatic rings. The van der Waals surface area contributed by atoms with Gasteiger partial charge in [-0.15, -0.1) is 11.8 Å². The number of halogens is 1. The molecule has 1 aliphatic heterocycles. The van der Waals surface area contributed by atoms with E-state index in [0.717, 1.165) is 17.7 Å². The molecule has 0 spiro atoms. The second-order valence-electron chi connectivity index (χ2n) is 4.83. The lowest BCUT2D eigenvalue weighted by Crippen LogP contribution is -2.48. The van der Waals surface area contributed by atoms with Crippen LogP contribution >= 0.6 is 23.4 Å². The smallest absolute Gasteiger partial charge is 0.321 e. The number of carbonyl (C=O) groups is 2. The minimum absolute atomic E-state index is 0.0605. The Morgan fingerprint density at radius 1 is 1.43 bits per heavy atom. The Morgan fingerprint density at radius 3 is 2.90 bits per heavy atom. The molecule has 0 aromatic heterocycles. The molecule has 1 aliphatic rings. The number of nitrogens with one attached hydrogen (secondary N) is 3. The quantitative estimate of drug-likeness (QED) is 0.797. The van der Waals surface area contributed by atoms with Gasteiger partial charge in [-0.25, -0.2) is 4.79 Å². The molecule has 7 heteroatoms. The van der Waals surface area contributed by atoms with Crippen molar-refractivity contribution in [3.63, 3.8) is 0 Å². The molecule has 3 amide bonds. The van der Waals surface area contributed by atoms with Crippen LogP contribution in [0.2, 0.25) is 5.02 Å². The van der Waals surface area contributed by atoms with Gasteiger partial charge in [-0.05, 0) is 42.9 Å². The van der Waals surface area contributed by atoms with Gasteiger partial charge >= 0.3 is 6.03 Å². The number of urea groups is 1. The van der Waals surface area contributed by atoms with Crippen LogP contribution in [-0.4, -0.2) is 30.8 Å². The Kier molecular flexibility index (Phi) is 5.50. The van der Waals surface area contributed by atoms with Crippen molar-refractivity contribution in [1.82, 2.24) is 16.0 Å². The van der Waals surface area contributed by atoms with Gasteiger partial charge in [-0.1, -0.05) is 11.6 Å². The topological polar surface area (TPSA) is 70.2 Å². The first kappa shape index (κ1) is 16.1. The summed E-state index contributed by atoms with van der Waals surface area (Å²) in [6, 6.07) is 4.90. The van der Waals surface area contributed by atoms with Gasteiger partial charge in [0.25, 0.3) is 0 Å². The predicted octanol–water partition coefficient (Wildman–Crippen LogP) is 2.31. The van der Waals surface area contributed by atoms with Crippen LogP contribution < -0.4 is 16.0 Å². The van der Waals surface area contributed by atoms with E-state index in [-0.39, 0.29) is 11.9 Å². The maximum atomic E-state index is 11.9. The van der Waals surface area contributed by atoms with E-state index in [1.165, 1.54) is 11.9 Å². The Hall–Kier alpha value is -1.24. The third-order valence-corrected chi connectivity index (χ3v) is 4.68. The molecule has 3 N–H and O–H groups in total. The van der Waals surface area contributed by atoms with Gasteiger partial charge in [0.2, 0.25) is 5.91 Å². The molecular formula is C14H18ClN3O2S. The molecule has 0 saturated carbocycles. The first-order valence-electron chi connectivity index (χ1n) is 6.72. The van der Waals surface area contributed by atoms with Crippen LogP contribution in [0, 0.1) is 0 Å². The second kappa shape index (κ2) is 7.15. The van der Waals surface area contributed by atoms with E-state index in [2.05, 4.69) is 16.0 Å². The SMILES string of the molecule is CNC(=O)NC(=O)C(C)NC1CCSc2ccc(Cl)cc21. The van der Waals surface area contributed by atoms with E-state index in [0.29, 0.717) is 5.02 Å². The normalized spacial score (nSPS) is 18.5. The zero-order valence-electron chi connectivity index (χ0n) is 11.9. The van der Waals surface area contributed by atoms with Crippen LogP contribution in [0.25, 0.3) is 0 Å². The maximum absolute atomic E-state index is 11.9. The molecule has 0 bridgehead atoms. The van der Waals surface area contributed by atoms with E-state index < -0.39 is 12.1 Å². The van der Waals surface area contributed by atoms with Crippen molar-refractivity contribution in [2.45, 2.75) is 30.3 Å². The first-order valence-corrected chi connectivity index (χ1v) is 8.08. The summed E-state index contributed by atoms with van der Waals surface area (Å²) in [6.45, 7) is 1.74. The molecule has 2 unspecified atom stereocenters. The average molecular weight is 328 g/mol. The molecule has 2 atom stereocenters. The highest BCUT2D eigenvalue weighted by Gasteiger charge is 2.25. The predicted molar refractivity (Wildman–Crippen MR) is 84.7 cm³/mol. The fourth-order valence-electron chi connectivity index (χ4n) is 2.20. The fraction of sp³-hybridized carbons (Fsp3) is 0.429. The summed E-state index contributed by atoms with van der Waals surface area (Å²) >= 11 is 7.85. The fourth-order valence-corrected chi connectivity index (χ4v) is 3.48. The minimum Gasteiger partial charge on any atom is -0.341 e. The number of imide groups is 1. The van der Waals surface area contributed by atoms with Gasteiger partial charge in [-0.3, -0.25) is 15.4 Å². The molecule has 0 radical (unpaired) electrons. The molecule has 0 aliphatic carbocycles. The zero-order valence-corrected chi connectivity index (χ0v) is 13.5. The van der Waals surface area contributed by atoms with Crippen LogP contribution in [0.15, 0.2) is 23.1 Å². The van der Waals surface area contributed by atoms with Crippen LogP contribution in [-0.2, 0) is 4.79 Å². The van der Waals surface area contributed by atoms with E-state index in [1.807, 2.05) is 18.2 Å². The van der Waals surface area contributed by atoms with Crippen molar-refractivity contribution in [2.75, 3.05) is 12.8 Å². The molecule has 21 heavy (non-hydrogen) atoms. The molecule has 1 aromatic carbocycles. The lowest BCUT2D eigenvalue weighted by molar-refractivity contribution is -0.121. The second-order valence-corrected chi connectivity index (χ2v) is 6.40. The molecule has 0 fully saturated rings. The highest BCUT2D eigenvalue weighted by Crippen LogP contribution is 2.37. The van der Waals surface area contributed by atoms with E-state index in [9.17, 15) is 9.59 Å². The van der Waals surface area contributed by atoms with Gasteiger partial charge in [0.1, 0.15) is 0 Å². The summed E-state index contributed by atoms with van der Waals surface area (Å²) in [5.74, 6) is 0.631. The molecule has 5 nitrogen and oxygen atoms in total. The number of fused-ring (bicyclic) bond motifs is 1. The monoisotopic (exact) mass is 327 g/mol. The number of carbonyl (C=O) groups excluding carboxylic acids is 2. The van der Waals surface area contributed by atoms with Crippen molar-refractivity contribution in [2.24, 2.45) is 0 Å². The summed E-state index contributed by atoms with van der Waals surface area (Å²) < 4.78 is 0. The Labute approximate surface area is 133 Å². The maximum Gasteiger partial charge on any atom is 0.321 e. The summed E-state index contributed by atoms with van der Waals surface area (Å²) in [4.78, 5) is 24.3. The summed E-state index contributed by atoms with van der Waals surface area (Å²) in [5.41, 5.74) is 1.11. The van der Waals surface area contributed by atoms with Crippen molar-refractivity contribution in [3.8, 4) is 0 Å². The van der Waals surface area contributed by atoms with Crippen molar-refractivity contribution < 1.29 is 9.59 Å². The van der Waals surface area contributed by atoms with Gasteiger partial charge in [0, 0.05) is 23.0 Å². The summed E-state index contributed by atoms with van der Waals surface area (Å²) in [6.07, 6.45) is 0.912. The van der Waals surface area contributed by atoms with Crippen LogP contribution in [0.4, 0.5) is 4.79 Å². The number of benzene rings is 1. The Bertz CT molecular complexity index is 553. The highest BCUT2D eigenvalue weighted by atomic mass is 35.5. The van der Waals surface area contributed by atoms with Crippen LogP contribution in [0.3, 0.4) is 0 Å². The van der Waals surface area contributed by atoms with E-state index >= 15 is 0 Å². The third kappa shape index (κ3) is 4.12. The molecule has 1 heterocycles. The average Bonchev–Trinajstić information content (AvgIpc) is 2.47. The minimum atomic E-state index is -0.503.